The summed E-state index contributed by atoms with van der Waals surface area (Å²) in [4.78, 5) is 13.1. The van der Waals surface area contributed by atoms with Crippen LogP contribution in [0.5, 0.6) is 23.0 Å². The number of aryl methyl sites for hydroxylation is 1. The quantitative estimate of drug-likeness (QED) is 0.488. The van der Waals surface area contributed by atoms with E-state index >= 15 is 0 Å². The maximum Gasteiger partial charge on any atom is 0.170 e. The van der Waals surface area contributed by atoms with Crippen LogP contribution in [0.15, 0.2) is 24.3 Å². The van der Waals surface area contributed by atoms with Crippen molar-refractivity contribution >= 4 is 5.78 Å². The molecule has 5 heteroatoms. The van der Waals surface area contributed by atoms with Crippen molar-refractivity contribution < 1.29 is 24.5 Å². The zero-order valence-corrected chi connectivity index (χ0v) is 21.7. The zero-order valence-electron chi connectivity index (χ0n) is 21.7. The maximum absolute atomic E-state index is 13.1. The fourth-order valence-corrected chi connectivity index (χ4v) is 6.64. The van der Waals surface area contributed by atoms with Crippen LogP contribution in [0.25, 0.3) is 0 Å². The number of hydrogen-bond donors (Lipinski definition) is 2. The van der Waals surface area contributed by atoms with E-state index in [1.807, 2.05) is 26.0 Å². The molecule has 3 aliphatic rings. The molecule has 5 nitrogen and oxygen atoms in total. The third-order valence-electron chi connectivity index (χ3n) is 8.69. The van der Waals surface area contributed by atoms with E-state index in [4.69, 9.17) is 9.47 Å². The minimum Gasteiger partial charge on any atom is -0.507 e. The van der Waals surface area contributed by atoms with Gasteiger partial charge in [0.1, 0.15) is 39.8 Å². The van der Waals surface area contributed by atoms with E-state index in [-0.39, 0.29) is 45.9 Å². The van der Waals surface area contributed by atoms with Crippen LogP contribution in [0.2, 0.25) is 0 Å². The Kier molecular flexibility index (Phi) is 5.61. The predicted molar refractivity (Wildman–Crippen MR) is 136 cm³/mol. The van der Waals surface area contributed by atoms with Crippen LogP contribution in [0.4, 0.5) is 0 Å². The number of aromatic hydroxyl groups is 2. The lowest BCUT2D eigenvalue weighted by molar-refractivity contribution is -0.0815. The molecular weight excluding hydrogens is 440 g/mol. The minimum atomic E-state index is -0.363. The van der Waals surface area contributed by atoms with Gasteiger partial charge in [0.15, 0.2) is 5.78 Å². The maximum atomic E-state index is 13.1. The number of carbonyl (C=O) groups excluding carboxylic acids is 1. The van der Waals surface area contributed by atoms with Crippen molar-refractivity contribution in [2.45, 2.75) is 97.2 Å². The molecule has 0 aromatic heterocycles. The van der Waals surface area contributed by atoms with Gasteiger partial charge in [-0.15, -0.1) is 0 Å². The highest BCUT2D eigenvalue weighted by Crippen LogP contribution is 2.53. The first-order chi connectivity index (χ1) is 16.4. The molecule has 1 aliphatic carbocycles. The molecule has 0 saturated heterocycles. The summed E-state index contributed by atoms with van der Waals surface area (Å²) in [7, 11) is 0. The molecule has 1 saturated carbocycles. The van der Waals surface area contributed by atoms with Crippen molar-refractivity contribution in [1.29, 1.82) is 0 Å². The highest BCUT2D eigenvalue weighted by Gasteiger charge is 2.50. The van der Waals surface area contributed by atoms with Crippen LogP contribution in [0, 0.1) is 11.3 Å². The Bertz CT molecular complexity index is 1180. The number of fused-ring (bicyclic) bond motifs is 3. The molecule has 2 aliphatic heterocycles. The number of ether oxygens (including phenoxy) is 2. The molecule has 2 aromatic rings. The van der Waals surface area contributed by atoms with Crippen molar-refractivity contribution in [1.82, 2.24) is 0 Å². The molecule has 2 unspecified atom stereocenters. The predicted octanol–water partition coefficient (Wildman–Crippen LogP) is 6.54. The summed E-state index contributed by atoms with van der Waals surface area (Å²) in [5.74, 6) is 1.26. The Hall–Kier alpha value is -2.69. The van der Waals surface area contributed by atoms with Crippen LogP contribution >= 0.6 is 0 Å². The lowest BCUT2D eigenvalue weighted by Gasteiger charge is -2.53. The van der Waals surface area contributed by atoms with Gasteiger partial charge < -0.3 is 19.7 Å². The molecule has 2 N–H and O–H groups in total. The third kappa shape index (κ3) is 4.28. The van der Waals surface area contributed by atoms with Crippen molar-refractivity contribution in [3.63, 3.8) is 0 Å². The molecule has 0 bridgehead atoms. The van der Waals surface area contributed by atoms with Gasteiger partial charge in [0.05, 0.1) is 0 Å². The van der Waals surface area contributed by atoms with E-state index in [9.17, 15) is 15.0 Å². The van der Waals surface area contributed by atoms with Gasteiger partial charge in [0.2, 0.25) is 0 Å². The molecule has 0 radical (unpaired) electrons. The SMILES string of the molecule is CC1(C)CCc2c(cc(O)c(C(=O)CCc3ccc4c(c3)CC3C(C)(C)CCCC3(C)O4)c2O)O1. The fourth-order valence-electron chi connectivity index (χ4n) is 6.64. The summed E-state index contributed by atoms with van der Waals surface area (Å²) >= 11 is 0. The molecule has 5 rings (SSSR count). The number of phenols is 2. The van der Waals surface area contributed by atoms with E-state index in [1.165, 1.54) is 24.5 Å². The normalized spacial score (nSPS) is 25.9. The Morgan fingerprint density at radius 1 is 1.00 bits per heavy atom. The number of carbonyl (C=O) groups is 1. The van der Waals surface area contributed by atoms with E-state index in [0.717, 1.165) is 30.6 Å². The average Bonchev–Trinajstić information content (AvgIpc) is 2.75. The van der Waals surface area contributed by atoms with Crippen LogP contribution in [-0.2, 0) is 19.3 Å². The average molecular weight is 479 g/mol. The number of ketones is 1. The molecule has 0 spiro atoms. The lowest BCUT2D eigenvalue weighted by atomic mass is 9.59. The molecule has 2 aromatic carbocycles. The van der Waals surface area contributed by atoms with E-state index in [1.54, 1.807) is 0 Å². The molecule has 35 heavy (non-hydrogen) atoms. The van der Waals surface area contributed by atoms with Crippen molar-refractivity contribution in [3.05, 3.63) is 46.5 Å². The Labute approximate surface area is 208 Å². The number of Topliss-reactive ketones (excluding diaryl/α,β-unsaturated/α-hetero) is 1. The highest BCUT2D eigenvalue weighted by molar-refractivity contribution is 6.02. The van der Waals surface area contributed by atoms with Gasteiger partial charge in [-0.25, -0.2) is 0 Å². The fraction of sp³-hybridized carbons (Fsp3) is 0.567. The summed E-state index contributed by atoms with van der Waals surface area (Å²) in [6, 6.07) is 7.73. The first-order valence-corrected chi connectivity index (χ1v) is 13.0. The van der Waals surface area contributed by atoms with E-state index in [0.29, 0.717) is 30.1 Å². The van der Waals surface area contributed by atoms with Crippen molar-refractivity contribution in [3.8, 4) is 23.0 Å². The Morgan fingerprint density at radius 2 is 1.77 bits per heavy atom. The lowest BCUT2D eigenvalue weighted by Crippen LogP contribution is -2.53. The zero-order chi connectivity index (χ0) is 25.2. The van der Waals surface area contributed by atoms with Crippen LogP contribution < -0.4 is 9.47 Å². The summed E-state index contributed by atoms with van der Waals surface area (Å²) in [6.07, 6.45) is 6.58. The van der Waals surface area contributed by atoms with Crippen molar-refractivity contribution in [2.24, 2.45) is 11.3 Å². The second-order valence-corrected chi connectivity index (χ2v) is 12.3. The molecular formula is C30H38O5. The van der Waals surface area contributed by atoms with E-state index < -0.39 is 0 Å². The minimum absolute atomic E-state index is 0.00747. The van der Waals surface area contributed by atoms with Crippen LogP contribution in [-0.4, -0.2) is 27.2 Å². The Balaban J connectivity index is 1.33. The molecule has 2 atom stereocenters. The van der Waals surface area contributed by atoms with Gasteiger partial charge in [-0.3, -0.25) is 4.79 Å². The second kappa shape index (κ2) is 8.18. The molecule has 1 fully saturated rings. The smallest absolute Gasteiger partial charge is 0.170 e. The number of rotatable bonds is 4. The van der Waals surface area contributed by atoms with Gasteiger partial charge in [-0.05, 0) is 88.3 Å². The summed E-state index contributed by atoms with van der Waals surface area (Å²) in [6.45, 7) is 10.9. The van der Waals surface area contributed by atoms with E-state index in [2.05, 4.69) is 26.8 Å². The first kappa shape index (κ1) is 24.0. The van der Waals surface area contributed by atoms with Gasteiger partial charge in [-0.1, -0.05) is 26.0 Å². The first-order valence-electron chi connectivity index (χ1n) is 13.0. The van der Waals surface area contributed by atoms with Gasteiger partial charge in [0, 0.05) is 24.0 Å². The van der Waals surface area contributed by atoms with Crippen LogP contribution in [0.1, 0.15) is 93.8 Å². The molecule has 2 heterocycles. The molecule has 188 valence electrons. The highest BCUT2D eigenvalue weighted by atomic mass is 16.5. The van der Waals surface area contributed by atoms with Gasteiger partial charge >= 0.3 is 0 Å². The van der Waals surface area contributed by atoms with Gasteiger partial charge in [-0.2, -0.15) is 0 Å². The standard InChI is InChI=1S/C30H38O5/c1-28(2)12-6-13-30(5)25(28)16-19-15-18(8-10-23(19)35-30)7-9-21(31)26-22(32)17-24-20(27(26)33)11-14-29(3,4)34-24/h8,10,15,17,25,32-33H,6-7,9,11-14,16H2,1-5H3. The second-order valence-electron chi connectivity index (χ2n) is 12.3. The van der Waals surface area contributed by atoms with Crippen LogP contribution in [0.3, 0.4) is 0 Å². The summed E-state index contributed by atoms with van der Waals surface area (Å²) < 4.78 is 12.5. The monoisotopic (exact) mass is 478 g/mol. The van der Waals surface area contributed by atoms with Crippen molar-refractivity contribution in [2.75, 3.05) is 0 Å². The Morgan fingerprint density at radius 3 is 2.54 bits per heavy atom. The van der Waals surface area contributed by atoms with Gasteiger partial charge in [0.25, 0.3) is 0 Å². The molecule has 0 amide bonds. The number of hydrogen-bond acceptors (Lipinski definition) is 5. The largest absolute Gasteiger partial charge is 0.507 e. The summed E-state index contributed by atoms with van der Waals surface area (Å²) in [5, 5.41) is 21.4. The topological polar surface area (TPSA) is 76.0 Å². The third-order valence-corrected chi connectivity index (χ3v) is 8.69. The number of phenolic OH excluding ortho intramolecular Hbond substituents is 2. The summed E-state index contributed by atoms with van der Waals surface area (Å²) in [5.41, 5.74) is 2.65. The number of benzene rings is 2.